The summed E-state index contributed by atoms with van der Waals surface area (Å²) >= 11 is 0. The number of carbonyl (C=O) groups is 3. The van der Waals surface area contributed by atoms with Crippen LogP contribution in [0, 0.1) is 5.92 Å². The van der Waals surface area contributed by atoms with Gasteiger partial charge in [-0.05, 0) is 24.3 Å². The molecule has 1 aromatic carbocycles. The Morgan fingerprint density at radius 1 is 1.00 bits per heavy atom. The van der Waals surface area contributed by atoms with Gasteiger partial charge in [-0.25, -0.2) is 9.59 Å². The molecule has 0 saturated carbocycles. The van der Waals surface area contributed by atoms with Crippen molar-refractivity contribution in [1.82, 2.24) is 0 Å². The predicted octanol–water partition coefficient (Wildman–Crippen LogP) is 2.78. The molecule has 0 radical (unpaired) electrons. The van der Waals surface area contributed by atoms with Crippen molar-refractivity contribution in [1.29, 1.82) is 0 Å². The summed E-state index contributed by atoms with van der Waals surface area (Å²) in [5, 5.41) is 2.83. The first kappa shape index (κ1) is 21.7. The van der Waals surface area contributed by atoms with Crippen molar-refractivity contribution in [2.75, 3.05) is 31.5 Å². The number of ether oxygens (including phenoxy) is 3. The fourth-order valence-electron chi connectivity index (χ4n) is 2.57. The van der Waals surface area contributed by atoms with Crippen LogP contribution in [-0.2, 0) is 23.9 Å². The van der Waals surface area contributed by atoms with Crippen LogP contribution in [0.1, 0.15) is 13.8 Å². The molecule has 8 nitrogen and oxygen atoms in total. The molecule has 0 aliphatic carbocycles. The predicted molar refractivity (Wildman–Crippen MR) is 108 cm³/mol. The third-order valence-corrected chi connectivity index (χ3v) is 4.14. The smallest absolute Gasteiger partial charge is 0.355 e. The van der Waals surface area contributed by atoms with Gasteiger partial charge in [0.2, 0.25) is 5.91 Å². The van der Waals surface area contributed by atoms with Crippen LogP contribution < -0.4 is 15.0 Å². The van der Waals surface area contributed by atoms with Crippen molar-refractivity contribution < 1.29 is 28.6 Å². The lowest BCUT2D eigenvalue weighted by Gasteiger charge is -2.26. The van der Waals surface area contributed by atoms with Crippen molar-refractivity contribution in [3.05, 3.63) is 53.9 Å². The number of benzene rings is 1. The minimum absolute atomic E-state index is 0.00769. The van der Waals surface area contributed by atoms with Crippen molar-refractivity contribution >= 4 is 29.2 Å². The van der Waals surface area contributed by atoms with E-state index in [9.17, 15) is 14.4 Å². The number of methoxy groups -OCH3 is 3. The SMILES string of the molecule is COC(=O)C1=C(C(=O)OC)N(c2cc(OC)ccc2NC(=O)C(C)C)C=CC=C1. The minimum atomic E-state index is -0.745. The minimum Gasteiger partial charge on any atom is -0.497 e. The summed E-state index contributed by atoms with van der Waals surface area (Å²) in [5.41, 5.74) is 0.799. The highest BCUT2D eigenvalue weighted by molar-refractivity contribution is 6.06. The van der Waals surface area contributed by atoms with Gasteiger partial charge in [-0.15, -0.1) is 0 Å². The van der Waals surface area contributed by atoms with Gasteiger partial charge >= 0.3 is 11.9 Å². The molecule has 0 bridgehead atoms. The molecule has 1 N–H and O–H groups in total. The van der Waals surface area contributed by atoms with E-state index in [4.69, 9.17) is 14.2 Å². The topological polar surface area (TPSA) is 94.2 Å². The van der Waals surface area contributed by atoms with Gasteiger partial charge in [-0.2, -0.15) is 0 Å². The Morgan fingerprint density at radius 2 is 1.69 bits per heavy atom. The van der Waals surface area contributed by atoms with E-state index >= 15 is 0 Å². The molecule has 0 fully saturated rings. The summed E-state index contributed by atoms with van der Waals surface area (Å²) in [5.74, 6) is -1.41. The van der Waals surface area contributed by atoms with Crippen LogP contribution in [0.2, 0.25) is 0 Å². The number of nitrogens with zero attached hydrogens (tertiary/aromatic N) is 1. The summed E-state index contributed by atoms with van der Waals surface area (Å²) in [6.45, 7) is 3.53. The standard InChI is InChI=1S/C21H24N2O6/c1-13(2)19(24)22-16-10-9-14(27-3)12-17(16)23-11-7-6-8-15(20(25)28-4)18(23)21(26)29-5/h6-13H,1-5H3,(H,22,24). The number of carbonyl (C=O) groups excluding carboxylic acids is 3. The molecule has 2 rings (SSSR count). The van der Waals surface area contributed by atoms with E-state index in [0.717, 1.165) is 0 Å². The number of hydrogen-bond donors (Lipinski definition) is 1. The zero-order valence-electron chi connectivity index (χ0n) is 17.0. The first-order chi connectivity index (χ1) is 13.8. The number of nitrogens with one attached hydrogen (secondary N) is 1. The van der Waals surface area contributed by atoms with Crippen LogP contribution in [-0.4, -0.2) is 39.2 Å². The van der Waals surface area contributed by atoms with Crippen molar-refractivity contribution in [2.45, 2.75) is 13.8 Å². The van der Waals surface area contributed by atoms with Gasteiger partial charge < -0.3 is 24.4 Å². The fraction of sp³-hybridized carbons (Fsp3) is 0.286. The first-order valence-electron chi connectivity index (χ1n) is 8.87. The van der Waals surface area contributed by atoms with Crippen molar-refractivity contribution in [3.63, 3.8) is 0 Å². The Kier molecular flexibility index (Phi) is 7.19. The second-order valence-corrected chi connectivity index (χ2v) is 6.34. The van der Waals surface area contributed by atoms with Gasteiger partial charge in [0.25, 0.3) is 0 Å². The average Bonchev–Trinajstić information content (AvgIpc) is 2.95. The molecule has 1 amide bonds. The van der Waals surface area contributed by atoms with Crippen molar-refractivity contribution in [3.8, 4) is 5.75 Å². The van der Waals surface area contributed by atoms with Gasteiger partial charge in [0.05, 0.1) is 38.3 Å². The Labute approximate surface area is 169 Å². The molecule has 0 unspecified atom stereocenters. The maximum Gasteiger partial charge on any atom is 0.355 e. The third-order valence-electron chi connectivity index (χ3n) is 4.14. The highest BCUT2D eigenvalue weighted by Crippen LogP contribution is 2.35. The van der Waals surface area contributed by atoms with Gasteiger partial charge in [0.1, 0.15) is 11.4 Å². The van der Waals surface area contributed by atoms with E-state index in [1.165, 1.54) is 32.3 Å². The number of amides is 1. The molecule has 154 valence electrons. The molecule has 1 aliphatic rings. The van der Waals surface area contributed by atoms with Crippen LogP contribution in [0.25, 0.3) is 0 Å². The maximum absolute atomic E-state index is 12.6. The van der Waals surface area contributed by atoms with Crippen LogP contribution >= 0.6 is 0 Å². The molecule has 0 saturated heterocycles. The van der Waals surface area contributed by atoms with E-state index in [0.29, 0.717) is 17.1 Å². The lowest BCUT2D eigenvalue weighted by Crippen LogP contribution is -2.28. The Morgan fingerprint density at radius 3 is 2.28 bits per heavy atom. The van der Waals surface area contributed by atoms with E-state index in [-0.39, 0.29) is 23.1 Å². The quantitative estimate of drug-likeness (QED) is 0.734. The average molecular weight is 400 g/mol. The summed E-state index contributed by atoms with van der Waals surface area (Å²) in [4.78, 5) is 38.7. The number of rotatable bonds is 6. The zero-order chi connectivity index (χ0) is 21.6. The zero-order valence-corrected chi connectivity index (χ0v) is 17.0. The van der Waals surface area contributed by atoms with E-state index in [1.54, 1.807) is 50.4 Å². The molecule has 0 aromatic heterocycles. The fourth-order valence-corrected chi connectivity index (χ4v) is 2.57. The summed E-state index contributed by atoms with van der Waals surface area (Å²) in [7, 11) is 3.94. The largest absolute Gasteiger partial charge is 0.497 e. The summed E-state index contributed by atoms with van der Waals surface area (Å²) in [6.07, 6.45) is 6.29. The molecule has 1 heterocycles. The molecular formula is C21H24N2O6. The van der Waals surface area contributed by atoms with Crippen LogP contribution in [0.4, 0.5) is 11.4 Å². The van der Waals surface area contributed by atoms with Gasteiger partial charge in [0.15, 0.2) is 0 Å². The molecule has 1 aliphatic heterocycles. The van der Waals surface area contributed by atoms with Crippen LogP contribution in [0.3, 0.4) is 0 Å². The highest BCUT2D eigenvalue weighted by atomic mass is 16.5. The Hall–Kier alpha value is -3.55. The van der Waals surface area contributed by atoms with Crippen LogP contribution in [0.15, 0.2) is 53.9 Å². The normalized spacial score (nSPS) is 13.2. The molecule has 1 aromatic rings. The lowest BCUT2D eigenvalue weighted by atomic mass is 10.1. The summed E-state index contributed by atoms with van der Waals surface area (Å²) < 4.78 is 15.0. The van der Waals surface area contributed by atoms with E-state index < -0.39 is 11.9 Å². The Bertz CT molecular complexity index is 898. The monoisotopic (exact) mass is 400 g/mol. The number of allylic oxidation sites excluding steroid dienone is 2. The van der Waals surface area contributed by atoms with E-state index in [2.05, 4.69) is 5.32 Å². The van der Waals surface area contributed by atoms with Gasteiger partial charge in [-0.1, -0.05) is 19.9 Å². The van der Waals surface area contributed by atoms with Gasteiger partial charge in [0, 0.05) is 18.2 Å². The second-order valence-electron chi connectivity index (χ2n) is 6.34. The Balaban J connectivity index is 2.72. The number of anilines is 2. The molecule has 29 heavy (non-hydrogen) atoms. The van der Waals surface area contributed by atoms with E-state index in [1.807, 2.05) is 0 Å². The van der Waals surface area contributed by atoms with Crippen LogP contribution in [0.5, 0.6) is 5.75 Å². The second kappa shape index (κ2) is 9.59. The summed E-state index contributed by atoms with van der Waals surface area (Å²) in [6, 6.07) is 4.98. The number of hydrogen-bond acceptors (Lipinski definition) is 7. The molecule has 8 heteroatoms. The molecular weight excluding hydrogens is 376 g/mol. The third kappa shape index (κ3) is 4.84. The maximum atomic E-state index is 12.6. The molecule has 0 spiro atoms. The first-order valence-corrected chi connectivity index (χ1v) is 8.87. The van der Waals surface area contributed by atoms with Crippen molar-refractivity contribution in [2.24, 2.45) is 5.92 Å². The highest BCUT2D eigenvalue weighted by Gasteiger charge is 2.29. The van der Waals surface area contributed by atoms with Gasteiger partial charge in [-0.3, -0.25) is 4.79 Å². The lowest BCUT2D eigenvalue weighted by molar-refractivity contribution is -0.139. The number of esters is 2. The molecule has 0 atom stereocenters.